The number of hydrogen-bond donors (Lipinski definition) is 2. The van der Waals surface area contributed by atoms with Gasteiger partial charge in [0.25, 0.3) is 0 Å². The smallest absolute Gasteiger partial charge is 0.162 e. The fourth-order valence-corrected chi connectivity index (χ4v) is 2.16. The van der Waals surface area contributed by atoms with Crippen molar-refractivity contribution in [2.45, 2.75) is 13.3 Å². The van der Waals surface area contributed by atoms with E-state index in [9.17, 15) is 0 Å². The Kier molecular flexibility index (Phi) is 3.26. The van der Waals surface area contributed by atoms with Crippen molar-refractivity contribution in [1.82, 2.24) is 15.0 Å². The molecule has 5 heteroatoms. The first-order valence-electron chi connectivity index (χ1n) is 6.50. The number of nitrogens with one attached hydrogen (secondary N) is 1. The standard InChI is InChI=1S/C15H15N5/c1-2-10-9-14(20-16)19-15(18-10)12-7-8-17-13-6-4-3-5-11(12)13/h3-9H,2,16H2,1H3,(H,18,19,20). The summed E-state index contributed by atoms with van der Waals surface area (Å²) in [4.78, 5) is 13.4. The fourth-order valence-electron chi connectivity index (χ4n) is 2.16. The van der Waals surface area contributed by atoms with Crippen LogP contribution in [-0.4, -0.2) is 15.0 Å². The lowest BCUT2D eigenvalue weighted by molar-refractivity contribution is 1.00. The highest BCUT2D eigenvalue weighted by Gasteiger charge is 2.09. The average Bonchev–Trinajstić information content (AvgIpc) is 2.53. The summed E-state index contributed by atoms with van der Waals surface area (Å²) in [6.45, 7) is 2.05. The molecule has 3 N–H and O–H groups in total. The Balaban J connectivity index is 2.25. The van der Waals surface area contributed by atoms with Crippen molar-refractivity contribution in [3.63, 3.8) is 0 Å². The molecule has 0 aliphatic rings. The summed E-state index contributed by atoms with van der Waals surface area (Å²) >= 11 is 0. The van der Waals surface area contributed by atoms with Gasteiger partial charge in [0.15, 0.2) is 5.82 Å². The zero-order chi connectivity index (χ0) is 13.9. The number of rotatable bonds is 3. The second kappa shape index (κ2) is 5.22. The van der Waals surface area contributed by atoms with E-state index in [0.29, 0.717) is 11.6 Å². The van der Waals surface area contributed by atoms with Gasteiger partial charge in [-0.2, -0.15) is 0 Å². The van der Waals surface area contributed by atoms with Gasteiger partial charge in [-0.3, -0.25) is 4.98 Å². The predicted octanol–water partition coefficient (Wildman–Crippen LogP) is 2.54. The summed E-state index contributed by atoms with van der Waals surface area (Å²) in [5.74, 6) is 6.76. The zero-order valence-corrected chi connectivity index (χ0v) is 11.2. The van der Waals surface area contributed by atoms with Gasteiger partial charge in [0.2, 0.25) is 0 Å². The molecule has 3 aromatic rings. The molecule has 20 heavy (non-hydrogen) atoms. The van der Waals surface area contributed by atoms with Gasteiger partial charge in [0.05, 0.1) is 5.52 Å². The monoisotopic (exact) mass is 265 g/mol. The predicted molar refractivity (Wildman–Crippen MR) is 80.0 cm³/mol. The van der Waals surface area contributed by atoms with Gasteiger partial charge in [-0.1, -0.05) is 25.1 Å². The molecule has 100 valence electrons. The molecule has 0 saturated carbocycles. The number of nitrogen functional groups attached to an aromatic ring is 1. The molecule has 0 fully saturated rings. The van der Waals surface area contributed by atoms with Gasteiger partial charge in [-0.15, -0.1) is 0 Å². The lowest BCUT2D eigenvalue weighted by Gasteiger charge is -2.08. The minimum atomic E-state index is 0.618. The molecule has 0 radical (unpaired) electrons. The number of hydrogen-bond acceptors (Lipinski definition) is 5. The van der Waals surface area contributed by atoms with E-state index in [2.05, 4.69) is 27.3 Å². The highest BCUT2D eigenvalue weighted by Crippen LogP contribution is 2.25. The van der Waals surface area contributed by atoms with Gasteiger partial charge in [0, 0.05) is 28.9 Å². The number of nitrogens with two attached hydrogens (primary N) is 1. The third kappa shape index (κ3) is 2.19. The number of anilines is 1. The maximum absolute atomic E-state index is 5.48. The van der Waals surface area contributed by atoms with Crippen molar-refractivity contribution in [1.29, 1.82) is 0 Å². The Morgan fingerprint density at radius 1 is 1.15 bits per heavy atom. The number of pyridine rings is 1. The molecule has 0 aliphatic carbocycles. The average molecular weight is 265 g/mol. The first-order chi connectivity index (χ1) is 9.81. The van der Waals surface area contributed by atoms with E-state index in [1.54, 1.807) is 6.20 Å². The van der Waals surface area contributed by atoms with Gasteiger partial charge in [-0.05, 0) is 18.6 Å². The maximum Gasteiger partial charge on any atom is 0.162 e. The van der Waals surface area contributed by atoms with Gasteiger partial charge in [-0.25, -0.2) is 15.8 Å². The normalized spacial score (nSPS) is 10.7. The van der Waals surface area contributed by atoms with Crippen LogP contribution in [0, 0.1) is 0 Å². The van der Waals surface area contributed by atoms with Crippen molar-refractivity contribution >= 4 is 16.7 Å². The third-order valence-corrected chi connectivity index (χ3v) is 3.18. The first-order valence-corrected chi connectivity index (χ1v) is 6.50. The Labute approximate surface area is 116 Å². The van der Waals surface area contributed by atoms with Crippen LogP contribution >= 0.6 is 0 Å². The number of aryl methyl sites for hydroxylation is 1. The Hall–Kier alpha value is -2.53. The lowest BCUT2D eigenvalue weighted by Crippen LogP contribution is -2.10. The lowest BCUT2D eigenvalue weighted by atomic mass is 10.1. The van der Waals surface area contributed by atoms with E-state index < -0.39 is 0 Å². The van der Waals surface area contributed by atoms with Crippen LogP contribution in [0.5, 0.6) is 0 Å². The molecule has 0 aliphatic heterocycles. The van der Waals surface area contributed by atoms with Crippen LogP contribution in [0.25, 0.3) is 22.3 Å². The molecule has 1 aromatic carbocycles. The molecule has 3 rings (SSSR count). The van der Waals surface area contributed by atoms with Crippen LogP contribution < -0.4 is 11.3 Å². The SMILES string of the molecule is CCc1cc(NN)nc(-c2ccnc3ccccc23)n1. The van der Waals surface area contributed by atoms with Crippen LogP contribution in [0.4, 0.5) is 5.82 Å². The molecule has 0 atom stereocenters. The second-order valence-electron chi connectivity index (χ2n) is 4.44. The molecule has 0 spiro atoms. The third-order valence-electron chi connectivity index (χ3n) is 3.18. The number of fused-ring (bicyclic) bond motifs is 1. The summed E-state index contributed by atoms with van der Waals surface area (Å²) in [5.41, 5.74) is 5.43. The number of aromatic nitrogens is 3. The highest BCUT2D eigenvalue weighted by atomic mass is 15.3. The number of para-hydroxylation sites is 1. The summed E-state index contributed by atoms with van der Waals surface area (Å²) in [5, 5.41) is 1.03. The molecular formula is C15H15N5. The van der Waals surface area contributed by atoms with E-state index >= 15 is 0 Å². The minimum Gasteiger partial charge on any atom is -0.308 e. The molecule has 0 saturated heterocycles. The second-order valence-corrected chi connectivity index (χ2v) is 4.44. The van der Waals surface area contributed by atoms with E-state index in [-0.39, 0.29) is 0 Å². The van der Waals surface area contributed by atoms with Gasteiger partial charge < -0.3 is 5.43 Å². The van der Waals surface area contributed by atoms with Gasteiger partial charge >= 0.3 is 0 Å². The fraction of sp³-hybridized carbons (Fsp3) is 0.133. The van der Waals surface area contributed by atoms with Crippen LogP contribution in [-0.2, 0) is 6.42 Å². The molecule has 2 aromatic heterocycles. The number of nitrogens with zero attached hydrogens (tertiary/aromatic N) is 3. The van der Waals surface area contributed by atoms with E-state index in [1.807, 2.05) is 36.4 Å². The van der Waals surface area contributed by atoms with Crippen LogP contribution in [0.1, 0.15) is 12.6 Å². The molecule has 0 bridgehead atoms. The molecule has 2 heterocycles. The summed E-state index contributed by atoms with van der Waals surface area (Å²) in [6, 6.07) is 11.7. The van der Waals surface area contributed by atoms with Crippen molar-refractivity contribution in [3.05, 3.63) is 48.3 Å². The molecule has 0 amide bonds. The number of benzene rings is 1. The maximum atomic E-state index is 5.48. The van der Waals surface area contributed by atoms with Crippen LogP contribution in [0.15, 0.2) is 42.6 Å². The molecule has 0 unspecified atom stereocenters. The highest BCUT2D eigenvalue weighted by molar-refractivity contribution is 5.92. The number of hydrazine groups is 1. The summed E-state index contributed by atoms with van der Waals surface area (Å²) in [7, 11) is 0. The molecular weight excluding hydrogens is 250 g/mol. The van der Waals surface area contributed by atoms with E-state index in [4.69, 9.17) is 5.84 Å². The summed E-state index contributed by atoms with van der Waals surface area (Å²) < 4.78 is 0. The quantitative estimate of drug-likeness (QED) is 0.562. The van der Waals surface area contributed by atoms with E-state index in [0.717, 1.165) is 28.6 Å². The van der Waals surface area contributed by atoms with Crippen molar-refractivity contribution in [2.24, 2.45) is 5.84 Å². The van der Waals surface area contributed by atoms with Crippen LogP contribution in [0.2, 0.25) is 0 Å². The Bertz CT molecular complexity index is 727. The van der Waals surface area contributed by atoms with E-state index in [1.165, 1.54) is 0 Å². The minimum absolute atomic E-state index is 0.618. The van der Waals surface area contributed by atoms with Crippen LogP contribution in [0.3, 0.4) is 0 Å². The largest absolute Gasteiger partial charge is 0.308 e. The Morgan fingerprint density at radius 3 is 2.80 bits per heavy atom. The molecule has 5 nitrogen and oxygen atoms in total. The zero-order valence-electron chi connectivity index (χ0n) is 11.2. The topological polar surface area (TPSA) is 76.7 Å². The Morgan fingerprint density at radius 2 is 2.00 bits per heavy atom. The van der Waals surface area contributed by atoms with Crippen molar-refractivity contribution < 1.29 is 0 Å². The first kappa shape index (κ1) is 12.5. The van der Waals surface area contributed by atoms with Crippen molar-refractivity contribution in [3.8, 4) is 11.4 Å². The summed E-state index contributed by atoms with van der Waals surface area (Å²) in [6.07, 6.45) is 2.60. The van der Waals surface area contributed by atoms with Crippen molar-refractivity contribution in [2.75, 3.05) is 5.43 Å². The van der Waals surface area contributed by atoms with Gasteiger partial charge in [0.1, 0.15) is 5.82 Å².